The summed E-state index contributed by atoms with van der Waals surface area (Å²) in [5, 5.41) is 2.61. The second-order valence-electron chi connectivity index (χ2n) is 8.59. The number of carbonyl (C=O) groups excluding carboxylic acids is 2. The summed E-state index contributed by atoms with van der Waals surface area (Å²) in [4.78, 5) is 24.3. The number of hydrogen-bond acceptors (Lipinski definition) is 4. The van der Waals surface area contributed by atoms with Gasteiger partial charge in [0.25, 0.3) is 0 Å². The summed E-state index contributed by atoms with van der Waals surface area (Å²) in [5.74, 6) is 1.15. The Morgan fingerprint density at radius 1 is 1.00 bits per heavy atom. The largest absolute Gasteiger partial charge is 0.326 e. The van der Waals surface area contributed by atoms with Gasteiger partial charge in [-0.15, -0.1) is 0 Å². The smallest absolute Gasteiger partial charge is 0.221 e. The van der Waals surface area contributed by atoms with Gasteiger partial charge in [-0.1, -0.05) is 0 Å². The van der Waals surface area contributed by atoms with Gasteiger partial charge in [0, 0.05) is 18.0 Å². The maximum absolute atomic E-state index is 13.1. The van der Waals surface area contributed by atoms with Crippen LogP contribution in [-0.4, -0.2) is 25.9 Å². The van der Waals surface area contributed by atoms with E-state index in [0.29, 0.717) is 23.4 Å². The lowest BCUT2D eigenvalue weighted by Gasteiger charge is -2.55. The zero-order valence-corrected chi connectivity index (χ0v) is 15.8. The van der Waals surface area contributed by atoms with E-state index in [1.807, 2.05) is 0 Å². The van der Waals surface area contributed by atoms with Crippen LogP contribution in [0, 0.1) is 23.2 Å². The normalized spacial score (nSPS) is 32.4. The van der Waals surface area contributed by atoms with Crippen LogP contribution in [0.1, 0.15) is 45.4 Å². The van der Waals surface area contributed by atoms with Crippen LogP contribution in [0.3, 0.4) is 0 Å². The standard InChI is InChI=1S/C20H25NO4S/c1-13(22)21-17-2-4-18(5-3-17)26(24,25)12-19(23)20-9-14-6-15(10-20)8-16(7-14)11-20/h2-5,14-16H,6-12H2,1H3,(H,21,22). The second-order valence-corrected chi connectivity index (χ2v) is 10.6. The van der Waals surface area contributed by atoms with Gasteiger partial charge in [0.2, 0.25) is 5.91 Å². The van der Waals surface area contributed by atoms with Crippen molar-refractivity contribution >= 4 is 27.2 Å². The molecule has 6 heteroatoms. The van der Waals surface area contributed by atoms with Crippen LogP contribution in [0.2, 0.25) is 0 Å². The number of anilines is 1. The van der Waals surface area contributed by atoms with Crippen molar-refractivity contribution in [3.63, 3.8) is 0 Å². The molecule has 1 N–H and O–H groups in total. The molecule has 0 heterocycles. The minimum Gasteiger partial charge on any atom is -0.326 e. The number of carbonyl (C=O) groups is 2. The van der Waals surface area contributed by atoms with Gasteiger partial charge >= 0.3 is 0 Å². The first kappa shape index (κ1) is 17.7. The van der Waals surface area contributed by atoms with Gasteiger partial charge in [0.1, 0.15) is 5.75 Å². The molecule has 0 saturated heterocycles. The molecule has 5 nitrogen and oxygen atoms in total. The molecule has 1 amide bonds. The molecule has 0 radical (unpaired) electrons. The van der Waals surface area contributed by atoms with Crippen molar-refractivity contribution in [2.24, 2.45) is 23.2 Å². The van der Waals surface area contributed by atoms with Crippen molar-refractivity contribution in [1.29, 1.82) is 0 Å². The maximum Gasteiger partial charge on any atom is 0.221 e. The predicted octanol–water partition coefficient (Wildman–Crippen LogP) is 3.20. The Balaban J connectivity index is 1.51. The zero-order chi connectivity index (χ0) is 18.5. The molecular weight excluding hydrogens is 350 g/mol. The summed E-state index contributed by atoms with van der Waals surface area (Å²) < 4.78 is 25.5. The average molecular weight is 375 g/mol. The summed E-state index contributed by atoms with van der Waals surface area (Å²) >= 11 is 0. The lowest BCUT2D eigenvalue weighted by molar-refractivity contribution is -0.141. The molecule has 0 spiro atoms. The zero-order valence-electron chi connectivity index (χ0n) is 15.0. The van der Waals surface area contributed by atoms with Crippen molar-refractivity contribution < 1.29 is 18.0 Å². The Hall–Kier alpha value is -1.69. The first-order valence-corrected chi connectivity index (χ1v) is 11.0. The monoisotopic (exact) mass is 375 g/mol. The van der Waals surface area contributed by atoms with E-state index in [1.54, 1.807) is 12.1 Å². The van der Waals surface area contributed by atoms with E-state index < -0.39 is 21.0 Å². The number of Topliss-reactive ketones (excluding diaryl/α,β-unsaturated/α-hetero) is 1. The lowest BCUT2D eigenvalue weighted by atomic mass is 9.48. The molecule has 0 aliphatic heterocycles. The predicted molar refractivity (Wildman–Crippen MR) is 98.4 cm³/mol. The molecule has 4 bridgehead atoms. The molecule has 0 aromatic heterocycles. The van der Waals surface area contributed by atoms with E-state index in [1.165, 1.54) is 38.3 Å². The number of ketones is 1. The molecule has 4 aliphatic carbocycles. The Labute approximate surface area is 154 Å². The number of rotatable bonds is 5. The molecule has 4 fully saturated rings. The van der Waals surface area contributed by atoms with Crippen LogP contribution in [-0.2, 0) is 19.4 Å². The Morgan fingerprint density at radius 3 is 1.96 bits per heavy atom. The Bertz CT molecular complexity index is 806. The summed E-state index contributed by atoms with van der Waals surface area (Å²) in [5.41, 5.74) is 0.154. The van der Waals surface area contributed by atoms with Crippen LogP contribution in [0.25, 0.3) is 0 Å². The molecular formula is C20H25NO4S. The minimum atomic E-state index is -3.66. The highest BCUT2D eigenvalue weighted by Gasteiger charge is 2.54. The van der Waals surface area contributed by atoms with Gasteiger partial charge in [0.05, 0.1) is 4.90 Å². The average Bonchev–Trinajstić information content (AvgIpc) is 2.53. The molecule has 1 aromatic rings. The maximum atomic E-state index is 13.1. The van der Waals surface area contributed by atoms with Crippen LogP contribution in [0.15, 0.2) is 29.2 Å². The fourth-order valence-corrected chi connectivity index (χ4v) is 7.18. The summed E-state index contributed by atoms with van der Waals surface area (Å²) in [6.45, 7) is 1.40. The molecule has 26 heavy (non-hydrogen) atoms. The van der Waals surface area contributed by atoms with Crippen LogP contribution < -0.4 is 5.32 Å². The number of benzene rings is 1. The molecule has 0 unspecified atom stereocenters. The quantitative estimate of drug-likeness (QED) is 0.857. The first-order chi connectivity index (χ1) is 12.3. The highest BCUT2D eigenvalue weighted by molar-refractivity contribution is 7.92. The van der Waals surface area contributed by atoms with E-state index in [2.05, 4.69) is 5.32 Å². The van der Waals surface area contributed by atoms with Crippen molar-refractivity contribution in [3.05, 3.63) is 24.3 Å². The fourth-order valence-electron chi connectivity index (χ4n) is 5.81. The van der Waals surface area contributed by atoms with E-state index in [9.17, 15) is 18.0 Å². The van der Waals surface area contributed by atoms with E-state index >= 15 is 0 Å². The summed E-state index contributed by atoms with van der Waals surface area (Å²) in [7, 11) is -3.66. The minimum absolute atomic E-state index is 0.0810. The molecule has 4 saturated carbocycles. The molecule has 1 aromatic carbocycles. The number of amides is 1. The van der Waals surface area contributed by atoms with Crippen LogP contribution >= 0.6 is 0 Å². The number of hydrogen-bond donors (Lipinski definition) is 1. The van der Waals surface area contributed by atoms with E-state index in [-0.39, 0.29) is 16.6 Å². The second kappa shape index (κ2) is 6.19. The fraction of sp³-hybridized carbons (Fsp3) is 0.600. The molecule has 0 atom stereocenters. The molecule has 4 aliphatic rings. The van der Waals surface area contributed by atoms with Gasteiger partial charge < -0.3 is 5.32 Å². The van der Waals surface area contributed by atoms with Crippen molar-refractivity contribution in [2.75, 3.05) is 11.1 Å². The van der Waals surface area contributed by atoms with E-state index in [0.717, 1.165) is 19.3 Å². The van der Waals surface area contributed by atoms with Gasteiger partial charge in [0.15, 0.2) is 15.6 Å². The SMILES string of the molecule is CC(=O)Nc1ccc(S(=O)(=O)CC(=O)C23CC4CC(CC(C4)C2)C3)cc1. The van der Waals surface area contributed by atoms with Gasteiger partial charge in [-0.3, -0.25) is 9.59 Å². The highest BCUT2D eigenvalue weighted by Crippen LogP contribution is 2.60. The van der Waals surface area contributed by atoms with Crippen LogP contribution in [0.4, 0.5) is 5.69 Å². The third-order valence-corrected chi connectivity index (χ3v) is 8.12. The Morgan fingerprint density at radius 2 is 1.50 bits per heavy atom. The lowest BCUT2D eigenvalue weighted by Crippen LogP contribution is -2.51. The number of nitrogens with one attached hydrogen (secondary N) is 1. The van der Waals surface area contributed by atoms with Crippen molar-refractivity contribution in [3.8, 4) is 0 Å². The Kier molecular flexibility index (Phi) is 4.21. The van der Waals surface area contributed by atoms with Gasteiger partial charge in [-0.05, 0) is 80.5 Å². The molecule has 5 rings (SSSR count). The van der Waals surface area contributed by atoms with Gasteiger partial charge in [-0.2, -0.15) is 0 Å². The summed E-state index contributed by atoms with van der Waals surface area (Å²) in [6.07, 6.45) is 6.33. The summed E-state index contributed by atoms with van der Waals surface area (Å²) in [6, 6.07) is 6.05. The molecule has 140 valence electrons. The van der Waals surface area contributed by atoms with E-state index in [4.69, 9.17) is 0 Å². The topological polar surface area (TPSA) is 80.3 Å². The van der Waals surface area contributed by atoms with Gasteiger partial charge in [-0.25, -0.2) is 8.42 Å². The van der Waals surface area contributed by atoms with Crippen molar-refractivity contribution in [2.45, 2.75) is 50.3 Å². The van der Waals surface area contributed by atoms with Crippen molar-refractivity contribution in [1.82, 2.24) is 0 Å². The van der Waals surface area contributed by atoms with Crippen LogP contribution in [0.5, 0.6) is 0 Å². The highest BCUT2D eigenvalue weighted by atomic mass is 32.2. The number of sulfone groups is 1. The third-order valence-electron chi connectivity index (χ3n) is 6.48. The third kappa shape index (κ3) is 3.20. The first-order valence-electron chi connectivity index (χ1n) is 9.39.